The number of non-ortho nitro benzene ring substituents is 1. The predicted molar refractivity (Wildman–Crippen MR) is 86.2 cm³/mol. The molecule has 118 valence electrons. The van der Waals surface area contributed by atoms with Gasteiger partial charge in [-0.15, -0.1) is 10.2 Å². The Morgan fingerprint density at radius 3 is 2.74 bits per heavy atom. The van der Waals surface area contributed by atoms with Gasteiger partial charge in [0.15, 0.2) is 11.5 Å². The molecule has 0 saturated heterocycles. The molecule has 0 aliphatic heterocycles. The van der Waals surface area contributed by atoms with Crippen molar-refractivity contribution >= 4 is 11.3 Å². The van der Waals surface area contributed by atoms with Crippen molar-refractivity contribution in [2.45, 2.75) is 19.4 Å². The molecule has 1 atom stereocenters. The maximum atomic E-state index is 10.6. The second-order valence-corrected chi connectivity index (χ2v) is 5.34. The summed E-state index contributed by atoms with van der Waals surface area (Å²) >= 11 is 0. The van der Waals surface area contributed by atoms with E-state index in [1.165, 1.54) is 12.1 Å². The zero-order chi connectivity index (χ0) is 16.2. The number of aromatic nitrogens is 3. The molecule has 3 aromatic rings. The maximum absolute atomic E-state index is 10.6. The predicted octanol–water partition coefficient (Wildman–Crippen LogP) is 2.53. The van der Waals surface area contributed by atoms with Crippen LogP contribution in [0.5, 0.6) is 0 Å². The van der Waals surface area contributed by atoms with Crippen LogP contribution < -0.4 is 5.32 Å². The second kappa shape index (κ2) is 6.53. The molecule has 0 aliphatic rings. The van der Waals surface area contributed by atoms with E-state index < -0.39 is 0 Å². The minimum absolute atomic E-state index is 0.0606. The van der Waals surface area contributed by atoms with E-state index in [9.17, 15) is 10.1 Å². The number of hydrogen-bond donors (Lipinski definition) is 1. The molecule has 0 saturated carbocycles. The van der Waals surface area contributed by atoms with E-state index in [4.69, 9.17) is 0 Å². The molecular weight excluding hydrogens is 294 g/mol. The van der Waals surface area contributed by atoms with Gasteiger partial charge < -0.3 is 5.32 Å². The summed E-state index contributed by atoms with van der Waals surface area (Å²) < 4.78 is 1.96. The molecule has 0 radical (unpaired) electrons. The highest BCUT2D eigenvalue weighted by atomic mass is 16.6. The lowest BCUT2D eigenvalue weighted by Gasteiger charge is -2.12. The SMILES string of the molecule is CC(NCCc1ccc([N+](=O)[O-])cc1)c1nnc2ccccn12. The van der Waals surface area contributed by atoms with E-state index in [1.54, 1.807) is 12.1 Å². The number of fused-ring (bicyclic) bond motifs is 1. The van der Waals surface area contributed by atoms with Crippen LogP contribution in [0.1, 0.15) is 24.4 Å². The van der Waals surface area contributed by atoms with Gasteiger partial charge in [-0.1, -0.05) is 18.2 Å². The fraction of sp³-hybridized carbons (Fsp3) is 0.250. The summed E-state index contributed by atoms with van der Waals surface area (Å²) in [6, 6.07) is 12.5. The summed E-state index contributed by atoms with van der Waals surface area (Å²) in [6.45, 7) is 2.79. The van der Waals surface area contributed by atoms with Gasteiger partial charge in [-0.05, 0) is 37.6 Å². The Hall–Kier alpha value is -2.80. The molecule has 23 heavy (non-hydrogen) atoms. The number of nitrogens with one attached hydrogen (secondary N) is 1. The van der Waals surface area contributed by atoms with Crippen molar-refractivity contribution in [2.75, 3.05) is 6.54 Å². The van der Waals surface area contributed by atoms with Crippen LogP contribution in [-0.2, 0) is 6.42 Å². The summed E-state index contributed by atoms with van der Waals surface area (Å²) in [5, 5.41) is 22.4. The van der Waals surface area contributed by atoms with E-state index in [2.05, 4.69) is 15.5 Å². The Morgan fingerprint density at radius 2 is 2.00 bits per heavy atom. The van der Waals surface area contributed by atoms with Crippen LogP contribution in [0.25, 0.3) is 5.65 Å². The Kier molecular flexibility index (Phi) is 4.29. The number of rotatable bonds is 6. The Bertz CT molecular complexity index is 813. The number of benzene rings is 1. The highest BCUT2D eigenvalue weighted by Crippen LogP contribution is 2.14. The van der Waals surface area contributed by atoms with Gasteiger partial charge in [0.25, 0.3) is 5.69 Å². The van der Waals surface area contributed by atoms with Crippen LogP contribution in [0.3, 0.4) is 0 Å². The van der Waals surface area contributed by atoms with Crippen molar-refractivity contribution in [3.05, 3.63) is 70.2 Å². The average Bonchev–Trinajstić information content (AvgIpc) is 2.99. The molecule has 1 unspecified atom stereocenters. The molecule has 2 aromatic heterocycles. The van der Waals surface area contributed by atoms with Gasteiger partial charge in [0.1, 0.15) is 0 Å². The lowest BCUT2D eigenvalue weighted by atomic mass is 10.1. The highest BCUT2D eigenvalue weighted by molar-refractivity contribution is 5.37. The molecule has 3 rings (SSSR count). The van der Waals surface area contributed by atoms with E-state index >= 15 is 0 Å². The molecule has 7 heteroatoms. The van der Waals surface area contributed by atoms with Crippen LogP contribution >= 0.6 is 0 Å². The molecule has 0 fully saturated rings. The highest BCUT2D eigenvalue weighted by Gasteiger charge is 2.12. The Labute approximate surface area is 133 Å². The molecule has 0 amide bonds. The van der Waals surface area contributed by atoms with Crippen molar-refractivity contribution < 1.29 is 4.92 Å². The van der Waals surface area contributed by atoms with Crippen molar-refractivity contribution in [3.63, 3.8) is 0 Å². The standard InChI is InChI=1S/C16H17N5O2/c1-12(16-19-18-15-4-2-3-11-20(15)16)17-10-9-13-5-7-14(8-6-13)21(22)23/h2-8,11-12,17H,9-10H2,1H3. The van der Waals surface area contributed by atoms with Gasteiger partial charge in [0, 0.05) is 18.3 Å². The van der Waals surface area contributed by atoms with Crippen LogP contribution in [0.2, 0.25) is 0 Å². The zero-order valence-corrected chi connectivity index (χ0v) is 12.7. The first-order valence-corrected chi connectivity index (χ1v) is 7.41. The first-order chi connectivity index (χ1) is 11.1. The minimum Gasteiger partial charge on any atom is -0.307 e. The monoisotopic (exact) mass is 311 g/mol. The topological polar surface area (TPSA) is 85.4 Å². The quantitative estimate of drug-likeness (QED) is 0.558. The second-order valence-electron chi connectivity index (χ2n) is 5.34. The minimum atomic E-state index is -0.388. The fourth-order valence-electron chi connectivity index (χ4n) is 2.46. The molecule has 0 bridgehead atoms. The molecule has 0 spiro atoms. The smallest absolute Gasteiger partial charge is 0.269 e. The lowest BCUT2D eigenvalue weighted by Crippen LogP contribution is -2.23. The molecule has 7 nitrogen and oxygen atoms in total. The molecule has 1 aromatic carbocycles. The first kappa shape index (κ1) is 15.1. The van der Waals surface area contributed by atoms with Gasteiger partial charge in [-0.3, -0.25) is 14.5 Å². The summed E-state index contributed by atoms with van der Waals surface area (Å²) in [7, 11) is 0. The third kappa shape index (κ3) is 3.35. The molecule has 0 aliphatic carbocycles. The Morgan fingerprint density at radius 1 is 1.22 bits per heavy atom. The summed E-state index contributed by atoms with van der Waals surface area (Å²) in [5.74, 6) is 0.865. The average molecular weight is 311 g/mol. The van der Waals surface area contributed by atoms with E-state index in [0.29, 0.717) is 0 Å². The van der Waals surface area contributed by atoms with E-state index in [0.717, 1.165) is 30.0 Å². The fourth-order valence-corrected chi connectivity index (χ4v) is 2.46. The molecule has 2 heterocycles. The van der Waals surface area contributed by atoms with Gasteiger partial charge >= 0.3 is 0 Å². The largest absolute Gasteiger partial charge is 0.307 e. The van der Waals surface area contributed by atoms with Crippen molar-refractivity contribution in [3.8, 4) is 0 Å². The van der Waals surface area contributed by atoms with Crippen LogP contribution in [0, 0.1) is 10.1 Å². The number of hydrogen-bond acceptors (Lipinski definition) is 5. The van der Waals surface area contributed by atoms with E-state index in [-0.39, 0.29) is 16.7 Å². The maximum Gasteiger partial charge on any atom is 0.269 e. The molecular formula is C16H17N5O2. The van der Waals surface area contributed by atoms with E-state index in [1.807, 2.05) is 35.7 Å². The summed E-state index contributed by atoms with van der Waals surface area (Å²) in [5.41, 5.74) is 2.00. The first-order valence-electron chi connectivity index (χ1n) is 7.41. The summed E-state index contributed by atoms with van der Waals surface area (Å²) in [4.78, 5) is 10.2. The summed E-state index contributed by atoms with van der Waals surface area (Å²) in [6.07, 6.45) is 2.73. The third-order valence-electron chi connectivity index (χ3n) is 3.74. The van der Waals surface area contributed by atoms with Gasteiger partial charge in [-0.2, -0.15) is 0 Å². The van der Waals surface area contributed by atoms with Crippen LogP contribution in [-0.4, -0.2) is 26.1 Å². The Balaban J connectivity index is 1.59. The lowest BCUT2D eigenvalue weighted by molar-refractivity contribution is -0.384. The van der Waals surface area contributed by atoms with Crippen LogP contribution in [0.4, 0.5) is 5.69 Å². The van der Waals surface area contributed by atoms with Crippen molar-refractivity contribution in [1.82, 2.24) is 19.9 Å². The van der Waals surface area contributed by atoms with Gasteiger partial charge in [0.05, 0.1) is 11.0 Å². The van der Waals surface area contributed by atoms with Crippen LogP contribution in [0.15, 0.2) is 48.7 Å². The number of pyridine rings is 1. The molecule has 1 N–H and O–H groups in total. The number of nitrogens with zero attached hydrogens (tertiary/aromatic N) is 4. The van der Waals surface area contributed by atoms with Gasteiger partial charge in [-0.25, -0.2) is 0 Å². The third-order valence-corrected chi connectivity index (χ3v) is 3.74. The zero-order valence-electron chi connectivity index (χ0n) is 12.7. The number of nitro groups is 1. The van der Waals surface area contributed by atoms with Gasteiger partial charge in [0.2, 0.25) is 0 Å². The normalized spacial score (nSPS) is 12.4. The van der Waals surface area contributed by atoms with Crippen molar-refractivity contribution in [1.29, 1.82) is 0 Å². The number of nitro benzene ring substituents is 1. The van der Waals surface area contributed by atoms with Crippen molar-refractivity contribution in [2.24, 2.45) is 0 Å².